The Balaban J connectivity index is 1.80. The summed E-state index contributed by atoms with van der Waals surface area (Å²) < 4.78 is 22.4. The summed E-state index contributed by atoms with van der Waals surface area (Å²) >= 11 is 0. The van der Waals surface area contributed by atoms with E-state index >= 15 is 0 Å². The highest BCUT2D eigenvalue weighted by molar-refractivity contribution is 5.73. The smallest absolute Gasteiger partial charge is 0.269 e. The van der Waals surface area contributed by atoms with Gasteiger partial charge in [-0.15, -0.1) is 0 Å². The number of non-ortho nitro benzene ring substituents is 1. The molecule has 2 aliphatic rings. The van der Waals surface area contributed by atoms with Gasteiger partial charge in [-0.05, 0) is 19.1 Å². The van der Waals surface area contributed by atoms with E-state index in [1.165, 1.54) is 38.1 Å². The number of nitro groups is 1. The maximum Gasteiger partial charge on any atom is 0.269 e. The molecule has 0 spiro atoms. The molecule has 190 valence electrons. The summed E-state index contributed by atoms with van der Waals surface area (Å²) in [6, 6.07) is 3.76. The molecule has 14 nitrogen and oxygen atoms in total. The monoisotopic (exact) mass is 488 g/mol. The minimum Gasteiger partial charge on any atom is -0.463 e. The van der Waals surface area contributed by atoms with Crippen molar-refractivity contribution < 1.29 is 54.2 Å². The number of ether oxygens (including phenoxy) is 4. The Kier molecular flexibility index (Phi) is 8.38. The van der Waals surface area contributed by atoms with Crippen LogP contribution in [0.3, 0.4) is 0 Å². The molecule has 0 radical (unpaired) electrons. The highest BCUT2D eigenvalue weighted by Crippen LogP contribution is 2.30. The highest BCUT2D eigenvalue weighted by Gasteiger charge is 2.51. The van der Waals surface area contributed by atoms with Crippen molar-refractivity contribution in [3.8, 4) is 5.75 Å². The number of benzene rings is 1. The van der Waals surface area contributed by atoms with Gasteiger partial charge in [0, 0.05) is 19.1 Å². The van der Waals surface area contributed by atoms with Crippen molar-refractivity contribution in [2.24, 2.45) is 0 Å². The molecule has 0 aliphatic carbocycles. The summed E-state index contributed by atoms with van der Waals surface area (Å²) in [5.41, 5.74) is -0.176. The second kappa shape index (κ2) is 10.9. The van der Waals surface area contributed by atoms with E-state index in [-0.39, 0.29) is 11.4 Å². The summed E-state index contributed by atoms with van der Waals surface area (Å²) in [5.74, 6) is -0.418. The number of nitrogens with zero attached hydrogens (tertiary/aromatic N) is 1. The first-order valence-electron chi connectivity index (χ1n) is 10.5. The molecule has 14 heteroatoms. The van der Waals surface area contributed by atoms with Gasteiger partial charge < -0.3 is 49.8 Å². The minimum absolute atomic E-state index is 0.131. The van der Waals surface area contributed by atoms with Crippen LogP contribution in [0, 0.1) is 10.1 Å². The third-order valence-corrected chi connectivity index (χ3v) is 5.62. The second-order valence-electron chi connectivity index (χ2n) is 8.09. The van der Waals surface area contributed by atoms with Gasteiger partial charge in [0.25, 0.3) is 5.69 Å². The molecular weight excluding hydrogens is 460 g/mol. The molecule has 2 fully saturated rings. The van der Waals surface area contributed by atoms with Gasteiger partial charge >= 0.3 is 0 Å². The highest BCUT2D eigenvalue weighted by atomic mass is 16.7. The van der Waals surface area contributed by atoms with E-state index in [2.05, 4.69) is 5.32 Å². The van der Waals surface area contributed by atoms with Crippen molar-refractivity contribution >= 4 is 11.6 Å². The first-order valence-corrected chi connectivity index (χ1v) is 10.5. The van der Waals surface area contributed by atoms with Crippen molar-refractivity contribution in [3.05, 3.63) is 34.4 Å². The lowest BCUT2D eigenvalue weighted by atomic mass is 9.95. The van der Waals surface area contributed by atoms with E-state index in [0.717, 1.165) is 0 Å². The summed E-state index contributed by atoms with van der Waals surface area (Å²) in [7, 11) is 0. The summed E-state index contributed by atoms with van der Waals surface area (Å²) in [4.78, 5) is 22.0. The minimum atomic E-state index is -1.67. The molecule has 1 aromatic carbocycles. The lowest BCUT2D eigenvalue weighted by Crippen LogP contribution is -2.67. The Morgan fingerprint density at radius 3 is 2.26 bits per heavy atom. The lowest BCUT2D eigenvalue weighted by molar-refractivity contribution is -0.384. The summed E-state index contributed by atoms with van der Waals surface area (Å²) in [6.07, 6.45) is -12.5. The number of carbonyl (C=O) groups is 1. The van der Waals surface area contributed by atoms with E-state index in [1.54, 1.807) is 0 Å². The molecule has 0 saturated carbocycles. The number of hydrogen-bond acceptors (Lipinski definition) is 12. The Morgan fingerprint density at radius 2 is 1.71 bits per heavy atom. The molecule has 10 atom stereocenters. The summed E-state index contributed by atoms with van der Waals surface area (Å²) in [6.45, 7) is 1.97. The molecule has 34 heavy (non-hydrogen) atoms. The van der Waals surface area contributed by atoms with E-state index in [4.69, 9.17) is 18.9 Å². The predicted molar refractivity (Wildman–Crippen MR) is 110 cm³/mol. The Bertz CT molecular complexity index is 854. The zero-order valence-electron chi connectivity index (χ0n) is 18.3. The normalized spacial score (nSPS) is 38.2. The molecule has 0 aromatic heterocycles. The number of hydrogen-bond donors (Lipinski definition) is 6. The summed E-state index contributed by atoms with van der Waals surface area (Å²) in [5, 5.41) is 64.3. The average molecular weight is 488 g/mol. The first-order chi connectivity index (χ1) is 16.0. The van der Waals surface area contributed by atoms with Gasteiger partial charge in [-0.1, -0.05) is 0 Å². The van der Waals surface area contributed by atoms with Crippen LogP contribution in [0.15, 0.2) is 24.3 Å². The molecule has 0 bridgehead atoms. The van der Waals surface area contributed by atoms with Crippen molar-refractivity contribution in [2.45, 2.75) is 75.2 Å². The van der Waals surface area contributed by atoms with Crippen LogP contribution in [-0.4, -0.2) is 104 Å². The van der Waals surface area contributed by atoms with Gasteiger partial charge in [-0.25, -0.2) is 0 Å². The van der Waals surface area contributed by atoms with E-state index in [0.29, 0.717) is 0 Å². The molecule has 0 unspecified atom stereocenters. The third-order valence-electron chi connectivity index (χ3n) is 5.62. The van der Waals surface area contributed by atoms with Crippen LogP contribution in [0.1, 0.15) is 13.8 Å². The zero-order chi connectivity index (χ0) is 25.2. The Hall–Kier alpha value is -2.43. The van der Waals surface area contributed by atoms with Crippen molar-refractivity contribution in [1.82, 2.24) is 5.32 Å². The molecule has 3 rings (SSSR count). The molecule has 6 N–H and O–H groups in total. The van der Waals surface area contributed by atoms with Crippen molar-refractivity contribution in [3.63, 3.8) is 0 Å². The molecule has 1 amide bonds. The fourth-order valence-corrected chi connectivity index (χ4v) is 3.79. The SMILES string of the molecule is CC(=O)N[C@@H]1[C@H](Oc2ccc([N+](=O)[O-])cc2)O[C@H](CO)[C@@H](O[C@@H]2O[C@@H](C)[C@H](O)[C@H](O)[C@@H]2O)[C@H]1O. The van der Waals surface area contributed by atoms with Crippen LogP contribution >= 0.6 is 0 Å². The van der Waals surface area contributed by atoms with Crippen molar-refractivity contribution in [2.75, 3.05) is 6.61 Å². The standard InChI is InChI=1S/C20H28N2O12/c1-8-14(25)16(27)17(28)20(31-8)34-18-12(7-23)33-19(13(15(18)26)21-9(2)24)32-11-5-3-10(4-6-11)22(29)30/h3-6,8,12-20,23,25-28H,7H2,1-2H3,(H,21,24)/t8-,12+,13-,14-,15-,16-,17-,18+,19+,20-/m0/s1. The van der Waals surface area contributed by atoms with Crippen LogP contribution in [0.2, 0.25) is 0 Å². The van der Waals surface area contributed by atoms with Gasteiger partial charge in [-0.2, -0.15) is 0 Å². The van der Waals surface area contributed by atoms with E-state index in [9.17, 15) is 40.4 Å². The lowest BCUT2D eigenvalue weighted by Gasteiger charge is -2.46. The van der Waals surface area contributed by atoms with Gasteiger partial charge in [0.15, 0.2) is 6.29 Å². The Morgan fingerprint density at radius 1 is 1.06 bits per heavy atom. The van der Waals surface area contributed by atoms with E-state index < -0.39 is 78.8 Å². The first kappa shape index (κ1) is 26.2. The van der Waals surface area contributed by atoms with Gasteiger partial charge in [-0.3, -0.25) is 14.9 Å². The molecule has 2 saturated heterocycles. The van der Waals surface area contributed by atoms with Gasteiger partial charge in [0.2, 0.25) is 12.2 Å². The number of amides is 1. The molecule has 2 aliphatic heterocycles. The topological polar surface area (TPSA) is 210 Å². The zero-order valence-corrected chi connectivity index (χ0v) is 18.3. The number of carbonyl (C=O) groups excluding carboxylic acids is 1. The number of aliphatic hydroxyl groups excluding tert-OH is 5. The quantitative estimate of drug-likeness (QED) is 0.178. The molecular formula is C20H28N2O12. The fraction of sp³-hybridized carbons (Fsp3) is 0.650. The van der Waals surface area contributed by atoms with Gasteiger partial charge in [0.05, 0.1) is 17.6 Å². The maximum absolute atomic E-state index is 11.8. The predicted octanol–water partition coefficient (Wildman–Crippen LogP) is -2.23. The number of aliphatic hydroxyl groups is 5. The largest absolute Gasteiger partial charge is 0.463 e. The molecule has 2 heterocycles. The number of nitro benzene ring substituents is 1. The van der Waals surface area contributed by atoms with Crippen molar-refractivity contribution in [1.29, 1.82) is 0 Å². The fourth-order valence-electron chi connectivity index (χ4n) is 3.79. The second-order valence-corrected chi connectivity index (χ2v) is 8.09. The van der Waals surface area contributed by atoms with Crippen LogP contribution in [0.4, 0.5) is 5.69 Å². The average Bonchev–Trinajstić information content (AvgIpc) is 2.79. The van der Waals surface area contributed by atoms with E-state index in [1.807, 2.05) is 0 Å². The third kappa shape index (κ3) is 5.61. The van der Waals surface area contributed by atoms with Crippen LogP contribution in [-0.2, 0) is 19.0 Å². The van der Waals surface area contributed by atoms with Crippen LogP contribution in [0.25, 0.3) is 0 Å². The van der Waals surface area contributed by atoms with Gasteiger partial charge in [0.1, 0.15) is 48.4 Å². The number of nitrogens with one attached hydrogen (secondary N) is 1. The molecule has 1 aromatic rings. The van der Waals surface area contributed by atoms with Crippen LogP contribution in [0.5, 0.6) is 5.75 Å². The maximum atomic E-state index is 11.8. The Labute approximate surface area is 193 Å². The number of rotatable bonds is 7. The van der Waals surface area contributed by atoms with Crippen LogP contribution < -0.4 is 10.1 Å².